The van der Waals surface area contributed by atoms with E-state index in [1.165, 1.54) is 0 Å². The highest BCUT2D eigenvalue weighted by atomic mass is 35.5. The van der Waals surface area contributed by atoms with Crippen LogP contribution in [0.5, 0.6) is 0 Å². The van der Waals surface area contributed by atoms with E-state index >= 15 is 0 Å². The predicted molar refractivity (Wildman–Crippen MR) is 87.2 cm³/mol. The van der Waals surface area contributed by atoms with Crippen LogP contribution in [0.3, 0.4) is 0 Å². The van der Waals surface area contributed by atoms with Crippen LogP contribution in [-0.4, -0.2) is 79.4 Å². The van der Waals surface area contributed by atoms with Crippen LogP contribution in [0.1, 0.15) is 5.69 Å². The maximum absolute atomic E-state index is 10.3. The standard InChI is InChI=1S/C15H22ClN5O/c1-19-5-7-21(8-6-19)11-12(22)10-20(2)15-4-3-13(16)14(9-17)18-15/h3-4,12,22H,5-8,10-11H2,1-2H3/t12-/m1/s1. The van der Waals surface area contributed by atoms with Crippen LogP contribution in [0, 0.1) is 11.3 Å². The smallest absolute Gasteiger partial charge is 0.161 e. The SMILES string of the molecule is CN1CCN(C[C@H](O)CN(C)c2ccc(Cl)c(C#N)n2)CC1. The molecule has 7 heteroatoms. The van der Waals surface area contributed by atoms with Crippen LogP contribution in [0.2, 0.25) is 5.02 Å². The number of hydrogen-bond acceptors (Lipinski definition) is 6. The van der Waals surface area contributed by atoms with Crippen molar-refractivity contribution in [1.82, 2.24) is 14.8 Å². The van der Waals surface area contributed by atoms with Crippen molar-refractivity contribution in [3.8, 4) is 6.07 Å². The highest BCUT2D eigenvalue weighted by molar-refractivity contribution is 6.31. The molecule has 0 unspecified atom stereocenters. The third-order valence-corrected chi connectivity index (χ3v) is 4.18. The number of β-amino-alcohol motifs (C(OH)–C–C–N with tert-alkyl or cyclic N) is 1. The lowest BCUT2D eigenvalue weighted by molar-refractivity contribution is 0.0842. The maximum atomic E-state index is 10.3. The van der Waals surface area contributed by atoms with E-state index in [0.717, 1.165) is 26.2 Å². The quantitative estimate of drug-likeness (QED) is 0.858. The fourth-order valence-corrected chi connectivity index (χ4v) is 2.67. The van der Waals surface area contributed by atoms with Crippen LogP contribution in [-0.2, 0) is 0 Å². The second kappa shape index (κ2) is 7.75. The van der Waals surface area contributed by atoms with E-state index in [1.54, 1.807) is 12.1 Å². The summed E-state index contributed by atoms with van der Waals surface area (Å²) >= 11 is 5.88. The average molecular weight is 324 g/mol. The normalized spacial score (nSPS) is 18.0. The van der Waals surface area contributed by atoms with Gasteiger partial charge in [0.05, 0.1) is 11.1 Å². The van der Waals surface area contributed by atoms with Gasteiger partial charge >= 0.3 is 0 Å². The largest absolute Gasteiger partial charge is 0.390 e. The second-order valence-corrected chi connectivity index (χ2v) is 6.16. The Kier molecular flexibility index (Phi) is 5.98. The van der Waals surface area contributed by atoms with E-state index in [1.807, 2.05) is 18.0 Å². The Labute approximate surface area is 136 Å². The molecule has 1 fully saturated rings. The monoisotopic (exact) mass is 323 g/mol. The Hall–Kier alpha value is -1.39. The summed E-state index contributed by atoms with van der Waals surface area (Å²) in [5.74, 6) is 0.637. The number of anilines is 1. The molecule has 1 aliphatic rings. The molecule has 0 saturated carbocycles. The Morgan fingerprint density at radius 3 is 2.73 bits per heavy atom. The lowest BCUT2D eigenvalue weighted by atomic mass is 10.2. The fourth-order valence-electron chi connectivity index (χ4n) is 2.52. The number of nitriles is 1. The third-order valence-electron chi connectivity index (χ3n) is 3.88. The molecule has 1 saturated heterocycles. The Morgan fingerprint density at radius 1 is 1.41 bits per heavy atom. The summed E-state index contributed by atoms with van der Waals surface area (Å²) in [5.41, 5.74) is 0.208. The first kappa shape index (κ1) is 17.0. The van der Waals surface area contributed by atoms with Crippen molar-refractivity contribution < 1.29 is 5.11 Å². The molecule has 0 radical (unpaired) electrons. The maximum Gasteiger partial charge on any atom is 0.161 e. The highest BCUT2D eigenvalue weighted by Crippen LogP contribution is 2.18. The first-order valence-electron chi connectivity index (χ1n) is 7.36. The molecule has 0 amide bonds. The number of piperazine rings is 1. The van der Waals surface area contributed by atoms with Gasteiger partial charge in [-0.05, 0) is 19.2 Å². The third kappa shape index (κ3) is 4.55. The van der Waals surface area contributed by atoms with E-state index in [4.69, 9.17) is 16.9 Å². The lowest BCUT2D eigenvalue weighted by Crippen LogP contribution is -2.48. The van der Waals surface area contributed by atoms with E-state index in [9.17, 15) is 5.11 Å². The lowest BCUT2D eigenvalue weighted by Gasteiger charge is -2.34. The number of pyridine rings is 1. The van der Waals surface area contributed by atoms with E-state index in [0.29, 0.717) is 23.9 Å². The van der Waals surface area contributed by atoms with Crippen LogP contribution in [0.25, 0.3) is 0 Å². The molecule has 1 N–H and O–H groups in total. The number of hydrogen-bond donors (Lipinski definition) is 1. The van der Waals surface area contributed by atoms with Gasteiger partial charge in [-0.3, -0.25) is 4.90 Å². The molecule has 0 spiro atoms. The highest BCUT2D eigenvalue weighted by Gasteiger charge is 2.18. The van der Waals surface area contributed by atoms with Crippen molar-refractivity contribution in [3.05, 3.63) is 22.8 Å². The van der Waals surface area contributed by atoms with Gasteiger partial charge in [0.15, 0.2) is 5.69 Å². The summed E-state index contributed by atoms with van der Waals surface area (Å²) in [4.78, 5) is 10.6. The van der Waals surface area contributed by atoms with Crippen LogP contribution in [0.4, 0.5) is 5.82 Å². The van der Waals surface area contributed by atoms with Crippen molar-refractivity contribution >= 4 is 17.4 Å². The minimum atomic E-state index is -0.462. The molecule has 1 aliphatic heterocycles. The molecular formula is C15H22ClN5O. The second-order valence-electron chi connectivity index (χ2n) is 5.75. The van der Waals surface area contributed by atoms with Gasteiger partial charge < -0.3 is 14.9 Å². The number of halogens is 1. The molecule has 0 aliphatic carbocycles. The van der Waals surface area contributed by atoms with Crippen molar-refractivity contribution in [2.75, 3.05) is 58.3 Å². The molecule has 1 atom stereocenters. The molecule has 2 rings (SSSR count). The molecule has 0 aromatic carbocycles. The van der Waals surface area contributed by atoms with Gasteiger partial charge in [0.1, 0.15) is 11.9 Å². The van der Waals surface area contributed by atoms with Gasteiger partial charge in [-0.1, -0.05) is 11.6 Å². The Bertz CT molecular complexity index is 539. The summed E-state index contributed by atoms with van der Waals surface area (Å²) in [7, 11) is 3.96. The number of aromatic nitrogens is 1. The zero-order valence-corrected chi connectivity index (χ0v) is 13.8. The molecule has 1 aromatic heterocycles. The average Bonchev–Trinajstić information content (AvgIpc) is 2.50. The van der Waals surface area contributed by atoms with Gasteiger partial charge in [-0.25, -0.2) is 4.98 Å². The number of aliphatic hydroxyl groups excluding tert-OH is 1. The van der Waals surface area contributed by atoms with Gasteiger partial charge in [-0.2, -0.15) is 5.26 Å². The number of nitrogens with zero attached hydrogens (tertiary/aromatic N) is 5. The summed E-state index contributed by atoms with van der Waals surface area (Å²) in [6, 6.07) is 5.38. The van der Waals surface area contributed by atoms with Gasteiger partial charge in [0.2, 0.25) is 0 Å². The minimum Gasteiger partial charge on any atom is -0.390 e. The van der Waals surface area contributed by atoms with Crippen LogP contribution < -0.4 is 4.90 Å². The van der Waals surface area contributed by atoms with Gasteiger partial charge in [0.25, 0.3) is 0 Å². The zero-order chi connectivity index (χ0) is 16.1. The predicted octanol–water partition coefficient (Wildman–Crippen LogP) is 0.651. The molecule has 6 nitrogen and oxygen atoms in total. The summed E-state index contributed by atoms with van der Waals surface area (Å²) in [6.07, 6.45) is -0.462. The van der Waals surface area contributed by atoms with Crippen LogP contribution >= 0.6 is 11.6 Å². The van der Waals surface area contributed by atoms with E-state index in [-0.39, 0.29) is 5.69 Å². The molecule has 1 aromatic rings. The fraction of sp³-hybridized carbons (Fsp3) is 0.600. The zero-order valence-electron chi connectivity index (χ0n) is 13.0. The summed E-state index contributed by atoms with van der Waals surface area (Å²) in [6.45, 7) is 5.15. The van der Waals surface area contributed by atoms with Crippen LogP contribution in [0.15, 0.2) is 12.1 Å². The van der Waals surface area contributed by atoms with Gasteiger partial charge in [0, 0.05) is 46.3 Å². The minimum absolute atomic E-state index is 0.208. The van der Waals surface area contributed by atoms with Gasteiger partial charge in [-0.15, -0.1) is 0 Å². The van der Waals surface area contributed by atoms with E-state index in [2.05, 4.69) is 21.8 Å². The number of aliphatic hydroxyl groups is 1. The van der Waals surface area contributed by atoms with Crippen molar-refractivity contribution in [3.63, 3.8) is 0 Å². The first-order chi connectivity index (χ1) is 10.5. The molecule has 120 valence electrons. The first-order valence-corrected chi connectivity index (χ1v) is 7.74. The van der Waals surface area contributed by atoms with Crippen molar-refractivity contribution in [2.45, 2.75) is 6.10 Å². The topological polar surface area (TPSA) is 66.6 Å². The molecule has 22 heavy (non-hydrogen) atoms. The molecule has 0 bridgehead atoms. The summed E-state index contributed by atoms with van der Waals surface area (Å²) < 4.78 is 0. The number of rotatable bonds is 5. The summed E-state index contributed by atoms with van der Waals surface area (Å²) in [5, 5.41) is 19.6. The molecular weight excluding hydrogens is 302 g/mol. The Morgan fingerprint density at radius 2 is 2.09 bits per heavy atom. The van der Waals surface area contributed by atoms with E-state index < -0.39 is 6.10 Å². The Balaban J connectivity index is 1.88. The number of likely N-dealkylation sites (N-methyl/N-ethyl adjacent to an activating group) is 2. The molecule has 2 heterocycles. The van der Waals surface area contributed by atoms with Crippen molar-refractivity contribution in [1.29, 1.82) is 5.26 Å². The van der Waals surface area contributed by atoms with Crippen molar-refractivity contribution in [2.24, 2.45) is 0 Å².